The van der Waals surface area contributed by atoms with Gasteiger partial charge in [-0.05, 0) is 65.0 Å². The topological polar surface area (TPSA) is 134 Å². The number of rotatable bonds is 13. The van der Waals surface area contributed by atoms with Crippen molar-refractivity contribution in [1.29, 1.82) is 0 Å². The number of carbonyl (C=O) groups excluding carboxylic acids is 3. The fourth-order valence-corrected chi connectivity index (χ4v) is 3.01. The van der Waals surface area contributed by atoms with Crippen molar-refractivity contribution < 1.29 is 28.2 Å². The minimum atomic E-state index is -0.673. The highest BCUT2D eigenvalue weighted by Gasteiger charge is 2.24. The Hall–Kier alpha value is -2.68. The second-order valence-electron chi connectivity index (χ2n) is 8.87. The van der Waals surface area contributed by atoms with Gasteiger partial charge in [0.25, 0.3) is 0 Å². The Labute approximate surface area is 189 Å². The Morgan fingerprint density at radius 3 is 2.31 bits per heavy atom. The summed E-state index contributed by atoms with van der Waals surface area (Å²) in [6.07, 6.45) is 1.56. The van der Waals surface area contributed by atoms with Crippen molar-refractivity contribution in [2.45, 2.75) is 90.6 Å². The Balaban J connectivity index is 2.67. The lowest BCUT2D eigenvalue weighted by molar-refractivity contribution is -0.119. The van der Waals surface area contributed by atoms with Crippen LogP contribution in [0.3, 0.4) is 0 Å². The van der Waals surface area contributed by atoms with Gasteiger partial charge >= 0.3 is 6.09 Å². The summed E-state index contributed by atoms with van der Waals surface area (Å²) in [7, 11) is 0. The van der Waals surface area contributed by atoms with Crippen LogP contribution in [0.2, 0.25) is 0 Å². The third-order valence-electron chi connectivity index (χ3n) is 4.73. The Morgan fingerprint density at radius 2 is 1.75 bits per heavy atom. The molecule has 180 valence electrons. The van der Waals surface area contributed by atoms with E-state index >= 15 is 0 Å². The van der Waals surface area contributed by atoms with Crippen molar-refractivity contribution in [2.75, 3.05) is 0 Å². The van der Waals surface area contributed by atoms with Gasteiger partial charge < -0.3 is 26.3 Å². The molecular weight excluding hydrogens is 417 g/mol. The van der Waals surface area contributed by atoms with E-state index in [2.05, 4.69) is 5.32 Å². The molecule has 0 aromatic heterocycles. The smallest absolute Gasteiger partial charge is 0.407 e. The molecule has 3 amide bonds. The summed E-state index contributed by atoms with van der Waals surface area (Å²) in [5, 5.41) is 2.70. The summed E-state index contributed by atoms with van der Waals surface area (Å²) < 4.78 is 25.5. The largest absolute Gasteiger partial charge is 0.444 e. The fourth-order valence-electron chi connectivity index (χ4n) is 3.01. The highest BCUT2D eigenvalue weighted by Crippen LogP contribution is 2.17. The van der Waals surface area contributed by atoms with Crippen LogP contribution in [0.25, 0.3) is 0 Å². The number of amides is 3. The number of hydrogen-bond donors (Lipinski definition) is 3. The maximum atomic E-state index is 14.5. The molecule has 9 heteroatoms. The summed E-state index contributed by atoms with van der Waals surface area (Å²) in [5.74, 6) is -1.22. The molecular formula is C23H36FN3O5. The standard InChI is InChI=1S/C23H36FN3O5/c1-15(19(11-12-21(26)29)27-22(30)32-23(2,3)4)31-14-17-10-9-16(13-18(17)24)7-5-6-8-20(25)28/h9-10,13,15,19H,5-8,11-12,14H2,1-4H3,(H2,25,28)(H2,26,29)(H,27,30)/t15-,19+/m1/s1. The average Bonchev–Trinajstić information content (AvgIpc) is 2.65. The maximum absolute atomic E-state index is 14.5. The summed E-state index contributed by atoms with van der Waals surface area (Å²) in [4.78, 5) is 34.1. The van der Waals surface area contributed by atoms with Gasteiger partial charge in [0.2, 0.25) is 11.8 Å². The zero-order valence-corrected chi connectivity index (χ0v) is 19.4. The second-order valence-corrected chi connectivity index (χ2v) is 8.87. The summed E-state index contributed by atoms with van der Waals surface area (Å²) in [6.45, 7) is 6.96. The van der Waals surface area contributed by atoms with Gasteiger partial charge in [-0.3, -0.25) is 9.59 Å². The molecule has 0 aliphatic carbocycles. The number of nitrogens with two attached hydrogens (primary N) is 2. The molecule has 0 aliphatic heterocycles. The molecule has 8 nitrogen and oxygen atoms in total. The second kappa shape index (κ2) is 13.0. The predicted molar refractivity (Wildman–Crippen MR) is 119 cm³/mol. The molecule has 0 bridgehead atoms. The minimum absolute atomic E-state index is 0.00196. The molecule has 1 rings (SSSR count). The Bertz CT molecular complexity index is 779. The van der Waals surface area contributed by atoms with Crippen LogP contribution in [-0.4, -0.2) is 35.7 Å². The molecule has 0 saturated heterocycles. The molecule has 0 radical (unpaired) electrons. The van der Waals surface area contributed by atoms with Crippen LogP contribution in [0.1, 0.15) is 70.9 Å². The van der Waals surface area contributed by atoms with E-state index in [0.717, 1.165) is 12.0 Å². The predicted octanol–water partition coefficient (Wildman–Crippen LogP) is 3.09. The molecule has 0 saturated carbocycles. The van der Waals surface area contributed by atoms with E-state index in [1.807, 2.05) is 6.07 Å². The lowest BCUT2D eigenvalue weighted by atomic mass is 10.0. The zero-order chi connectivity index (χ0) is 24.3. The minimum Gasteiger partial charge on any atom is -0.444 e. The number of aryl methyl sites for hydroxylation is 1. The summed E-state index contributed by atoms with van der Waals surface area (Å²) >= 11 is 0. The Morgan fingerprint density at radius 1 is 1.09 bits per heavy atom. The molecule has 0 fully saturated rings. The summed E-state index contributed by atoms with van der Waals surface area (Å²) in [6, 6.07) is 4.40. The molecule has 2 atom stereocenters. The molecule has 1 aromatic rings. The fraction of sp³-hybridized carbons (Fsp3) is 0.609. The number of hydrogen-bond acceptors (Lipinski definition) is 5. The number of ether oxygens (including phenoxy) is 2. The van der Waals surface area contributed by atoms with Crippen molar-refractivity contribution in [3.05, 3.63) is 35.1 Å². The van der Waals surface area contributed by atoms with Gasteiger partial charge in [0.15, 0.2) is 0 Å². The first-order valence-corrected chi connectivity index (χ1v) is 10.8. The van der Waals surface area contributed by atoms with Crippen molar-refractivity contribution in [3.63, 3.8) is 0 Å². The number of unbranched alkanes of at least 4 members (excludes halogenated alkanes) is 1. The number of carbonyl (C=O) groups is 3. The first kappa shape index (κ1) is 27.4. The van der Waals surface area contributed by atoms with E-state index in [4.69, 9.17) is 20.9 Å². The normalized spacial score (nSPS) is 13.3. The Kier molecular flexibility index (Phi) is 11.1. The average molecular weight is 454 g/mol. The van der Waals surface area contributed by atoms with Crippen molar-refractivity contribution in [3.8, 4) is 0 Å². The van der Waals surface area contributed by atoms with Crippen molar-refractivity contribution >= 4 is 17.9 Å². The first-order chi connectivity index (χ1) is 14.9. The highest BCUT2D eigenvalue weighted by molar-refractivity contribution is 5.74. The van der Waals surface area contributed by atoms with Gasteiger partial charge in [0.1, 0.15) is 11.4 Å². The zero-order valence-electron chi connectivity index (χ0n) is 19.4. The molecule has 0 spiro atoms. The maximum Gasteiger partial charge on any atom is 0.407 e. The van der Waals surface area contributed by atoms with E-state index in [9.17, 15) is 18.8 Å². The number of primary amides is 2. The van der Waals surface area contributed by atoms with E-state index in [0.29, 0.717) is 24.8 Å². The van der Waals surface area contributed by atoms with Gasteiger partial charge in [-0.15, -0.1) is 0 Å². The van der Waals surface area contributed by atoms with Crippen molar-refractivity contribution in [2.24, 2.45) is 11.5 Å². The van der Waals surface area contributed by atoms with Gasteiger partial charge in [-0.1, -0.05) is 12.1 Å². The molecule has 0 unspecified atom stereocenters. The third kappa shape index (κ3) is 11.6. The number of halogens is 1. The quantitative estimate of drug-likeness (QED) is 0.395. The van der Waals surface area contributed by atoms with E-state index in [1.54, 1.807) is 33.8 Å². The number of alkyl carbamates (subject to hydrolysis) is 1. The lowest BCUT2D eigenvalue weighted by Gasteiger charge is -2.27. The van der Waals surface area contributed by atoms with Crippen LogP contribution in [0.5, 0.6) is 0 Å². The van der Waals surface area contributed by atoms with Crippen LogP contribution in [0.15, 0.2) is 18.2 Å². The van der Waals surface area contributed by atoms with E-state index in [-0.39, 0.29) is 25.4 Å². The molecule has 0 heterocycles. The van der Waals surface area contributed by atoms with E-state index < -0.39 is 35.6 Å². The van der Waals surface area contributed by atoms with Gasteiger partial charge in [-0.2, -0.15) is 0 Å². The van der Waals surface area contributed by atoms with Crippen LogP contribution >= 0.6 is 0 Å². The van der Waals surface area contributed by atoms with Crippen LogP contribution in [0, 0.1) is 5.82 Å². The number of benzene rings is 1. The van der Waals surface area contributed by atoms with Crippen molar-refractivity contribution in [1.82, 2.24) is 5.32 Å². The van der Waals surface area contributed by atoms with Crippen LogP contribution < -0.4 is 16.8 Å². The lowest BCUT2D eigenvalue weighted by Crippen LogP contribution is -2.45. The van der Waals surface area contributed by atoms with Crippen LogP contribution in [0.4, 0.5) is 9.18 Å². The molecule has 1 aromatic carbocycles. The van der Waals surface area contributed by atoms with Gasteiger partial charge in [-0.25, -0.2) is 9.18 Å². The molecule has 5 N–H and O–H groups in total. The summed E-state index contributed by atoms with van der Waals surface area (Å²) in [5.41, 5.74) is 10.9. The molecule has 0 aliphatic rings. The van der Waals surface area contributed by atoms with E-state index in [1.165, 1.54) is 6.07 Å². The molecule has 32 heavy (non-hydrogen) atoms. The SMILES string of the molecule is C[C@@H](OCc1ccc(CCCCC(N)=O)cc1F)[C@H](CCC(N)=O)NC(=O)OC(C)(C)C. The number of nitrogens with one attached hydrogen (secondary N) is 1. The van der Waals surface area contributed by atoms with Crippen LogP contribution in [-0.2, 0) is 32.1 Å². The monoisotopic (exact) mass is 453 g/mol. The highest BCUT2D eigenvalue weighted by atomic mass is 19.1. The first-order valence-electron chi connectivity index (χ1n) is 10.8. The third-order valence-corrected chi connectivity index (χ3v) is 4.73. The van der Waals surface area contributed by atoms with Gasteiger partial charge in [0.05, 0.1) is 18.8 Å². The van der Waals surface area contributed by atoms with Gasteiger partial charge in [0, 0.05) is 18.4 Å².